The molecule has 2 rings (SSSR count). The van der Waals surface area contributed by atoms with Gasteiger partial charge in [-0.2, -0.15) is 0 Å². The molecule has 15 nitrogen and oxygen atoms in total. The summed E-state index contributed by atoms with van der Waals surface area (Å²) in [6.07, 6.45) is 0.134. The van der Waals surface area contributed by atoms with Gasteiger partial charge >= 0.3 is 5.97 Å². The zero-order valence-electron chi connectivity index (χ0n) is 22.5. The van der Waals surface area contributed by atoms with Crippen LogP contribution in [0, 0.1) is 5.92 Å². The first-order chi connectivity index (χ1) is 18.2. The van der Waals surface area contributed by atoms with Crippen LogP contribution in [0.1, 0.15) is 53.4 Å². The van der Waals surface area contributed by atoms with Crippen molar-refractivity contribution in [2.24, 2.45) is 5.92 Å². The van der Waals surface area contributed by atoms with Crippen LogP contribution < -0.4 is 26.6 Å². The van der Waals surface area contributed by atoms with Gasteiger partial charge in [-0.3, -0.25) is 33.6 Å². The maximum atomic E-state index is 13.1. The molecule has 0 aromatic rings. The minimum Gasteiger partial charge on any atom is -0.481 e. The molecular weight excluding hydrogens is 516 g/mol. The van der Waals surface area contributed by atoms with Crippen LogP contribution in [0.15, 0.2) is 0 Å². The average molecular weight is 555 g/mol. The van der Waals surface area contributed by atoms with Gasteiger partial charge in [0.2, 0.25) is 35.4 Å². The standard InChI is InChI=1S/C24H38N6O9/c1-11(2)8-14-20(35)28-15(9-18(32)33)21(36)29-16(10-31)22(37)26-13(4)24(39)30-7-5-6-17(30)23(38)25-12(3)19(34)27-14/h11-17,31H,5-10H2,1-4H3,(H,25,38)(H,26,37)(H,27,34)(H,28,35)(H,29,36)(H,32,33)/t12-,13-,14-,15-,16-,17+/m0/s1. The third-order valence-corrected chi connectivity index (χ3v) is 6.49. The Morgan fingerprint density at radius 1 is 0.821 bits per heavy atom. The number of fused-ring (bicyclic) bond motifs is 1. The van der Waals surface area contributed by atoms with E-state index in [0.29, 0.717) is 12.8 Å². The highest BCUT2D eigenvalue weighted by Gasteiger charge is 2.39. The first-order valence-electron chi connectivity index (χ1n) is 12.9. The number of carbonyl (C=O) groups excluding carboxylic acids is 6. The SMILES string of the molecule is CC(C)C[C@@H]1NC(=O)[C@H](C)NC(=O)[C@H]2CCCN2C(=O)[C@H](C)NC(=O)[C@H](CO)NC(=O)[C@H](CC(=O)O)NC1=O. The summed E-state index contributed by atoms with van der Waals surface area (Å²) in [6.45, 7) is 5.72. The van der Waals surface area contributed by atoms with Gasteiger partial charge in [0.15, 0.2) is 0 Å². The molecule has 6 atom stereocenters. The van der Waals surface area contributed by atoms with Crippen LogP contribution >= 0.6 is 0 Å². The van der Waals surface area contributed by atoms with Crippen LogP contribution in [0.25, 0.3) is 0 Å². The molecule has 0 aromatic carbocycles. The Kier molecular flexibility index (Phi) is 11.2. The number of aliphatic carboxylic acids is 1. The molecule has 218 valence electrons. The van der Waals surface area contributed by atoms with E-state index in [2.05, 4.69) is 26.6 Å². The molecule has 2 fully saturated rings. The van der Waals surface area contributed by atoms with Crippen molar-refractivity contribution >= 4 is 41.4 Å². The van der Waals surface area contributed by atoms with Crippen molar-refractivity contribution in [1.29, 1.82) is 0 Å². The number of aliphatic hydroxyl groups is 1. The van der Waals surface area contributed by atoms with Gasteiger partial charge in [0.25, 0.3) is 0 Å². The summed E-state index contributed by atoms with van der Waals surface area (Å²) in [4.78, 5) is 90.4. The molecule has 0 radical (unpaired) electrons. The number of rotatable bonds is 5. The fourth-order valence-electron chi connectivity index (χ4n) is 4.42. The summed E-state index contributed by atoms with van der Waals surface area (Å²) in [7, 11) is 0. The summed E-state index contributed by atoms with van der Waals surface area (Å²) < 4.78 is 0. The molecule has 2 aliphatic heterocycles. The van der Waals surface area contributed by atoms with Crippen LogP contribution in [0.4, 0.5) is 0 Å². The Morgan fingerprint density at radius 3 is 1.95 bits per heavy atom. The number of aliphatic hydroxyl groups excluding tert-OH is 1. The van der Waals surface area contributed by atoms with Crippen LogP contribution in [0.5, 0.6) is 0 Å². The fraction of sp³-hybridized carbons (Fsp3) is 0.708. The molecule has 0 spiro atoms. The minimum absolute atomic E-state index is 0.0990. The number of hydrogen-bond acceptors (Lipinski definition) is 8. The van der Waals surface area contributed by atoms with E-state index in [1.165, 1.54) is 18.7 Å². The molecule has 39 heavy (non-hydrogen) atoms. The minimum atomic E-state index is -1.65. The lowest BCUT2D eigenvalue weighted by molar-refractivity contribution is -0.143. The first kappa shape index (κ1) is 31.5. The molecule has 0 aliphatic carbocycles. The Labute approximate surface area is 225 Å². The Balaban J connectivity index is 2.43. The maximum Gasteiger partial charge on any atom is 0.305 e. The topological polar surface area (TPSA) is 223 Å². The molecule has 2 aliphatic rings. The lowest BCUT2D eigenvalue weighted by Gasteiger charge is -2.30. The van der Waals surface area contributed by atoms with E-state index in [0.717, 1.165) is 0 Å². The quantitative estimate of drug-likeness (QED) is 0.183. The van der Waals surface area contributed by atoms with Gasteiger partial charge in [-0.05, 0) is 39.0 Å². The Hall–Kier alpha value is -3.75. The molecule has 0 aromatic heterocycles. The van der Waals surface area contributed by atoms with E-state index in [1.807, 2.05) is 0 Å². The van der Waals surface area contributed by atoms with Crippen molar-refractivity contribution in [2.75, 3.05) is 13.2 Å². The lowest BCUT2D eigenvalue weighted by Crippen LogP contribution is -2.61. The molecule has 15 heteroatoms. The number of nitrogens with zero attached hydrogens (tertiary/aromatic N) is 1. The molecule has 0 bridgehead atoms. The third kappa shape index (κ3) is 8.63. The smallest absolute Gasteiger partial charge is 0.305 e. The van der Waals surface area contributed by atoms with E-state index < -0.39 is 90.7 Å². The molecular formula is C24H38N6O9. The number of amides is 6. The van der Waals surface area contributed by atoms with Crippen molar-refractivity contribution in [3.8, 4) is 0 Å². The van der Waals surface area contributed by atoms with Gasteiger partial charge in [-0.1, -0.05) is 13.8 Å². The number of carbonyl (C=O) groups is 7. The molecule has 2 saturated heterocycles. The average Bonchev–Trinajstić information content (AvgIpc) is 3.34. The van der Waals surface area contributed by atoms with Crippen LogP contribution in [0.3, 0.4) is 0 Å². The van der Waals surface area contributed by atoms with Crippen molar-refractivity contribution in [3.63, 3.8) is 0 Å². The second-order valence-corrected chi connectivity index (χ2v) is 10.2. The van der Waals surface area contributed by atoms with Crippen molar-refractivity contribution in [3.05, 3.63) is 0 Å². The third-order valence-electron chi connectivity index (χ3n) is 6.49. The van der Waals surface area contributed by atoms with Crippen LogP contribution in [-0.2, 0) is 33.6 Å². The highest BCUT2D eigenvalue weighted by molar-refractivity contribution is 5.98. The second-order valence-electron chi connectivity index (χ2n) is 10.2. The summed E-state index contributed by atoms with van der Waals surface area (Å²) in [5.41, 5.74) is 0. The zero-order chi connectivity index (χ0) is 29.4. The highest BCUT2D eigenvalue weighted by Crippen LogP contribution is 2.19. The summed E-state index contributed by atoms with van der Waals surface area (Å²) >= 11 is 0. The summed E-state index contributed by atoms with van der Waals surface area (Å²) in [5, 5.41) is 31.0. The van der Waals surface area contributed by atoms with Crippen molar-refractivity contribution < 1.29 is 43.8 Å². The predicted octanol–water partition coefficient (Wildman–Crippen LogP) is -3.03. The monoisotopic (exact) mass is 554 g/mol. The Bertz CT molecular complexity index is 987. The van der Waals surface area contributed by atoms with Crippen LogP contribution in [-0.4, -0.2) is 106 Å². The normalized spacial score (nSPS) is 29.8. The number of nitrogens with one attached hydrogen (secondary N) is 5. The van der Waals surface area contributed by atoms with Gasteiger partial charge in [-0.25, -0.2) is 0 Å². The number of carboxylic acid groups (broad SMARTS) is 1. The fourth-order valence-corrected chi connectivity index (χ4v) is 4.42. The number of carboxylic acids is 1. The summed E-state index contributed by atoms with van der Waals surface area (Å²) in [6, 6.07) is -7.50. The molecule has 0 saturated carbocycles. The van der Waals surface area contributed by atoms with Gasteiger partial charge < -0.3 is 41.7 Å². The molecule has 7 N–H and O–H groups in total. The maximum absolute atomic E-state index is 13.1. The molecule has 6 amide bonds. The van der Waals surface area contributed by atoms with Crippen molar-refractivity contribution in [2.45, 2.75) is 89.6 Å². The van der Waals surface area contributed by atoms with E-state index in [-0.39, 0.29) is 18.9 Å². The van der Waals surface area contributed by atoms with E-state index in [1.54, 1.807) is 13.8 Å². The molecule has 0 unspecified atom stereocenters. The second kappa shape index (κ2) is 13.9. The van der Waals surface area contributed by atoms with E-state index in [4.69, 9.17) is 0 Å². The van der Waals surface area contributed by atoms with Gasteiger partial charge in [0, 0.05) is 6.54 Å². The first-order valence-corrected chi connectivity index (χ1v) is 12.9. The summed E-state index contributed by atoms with van der Waals surface area (Å²) in [5.74, 6) is -6.20. The molecule has 2 heterocycles. The predicted molar refractivity (Wildman–Crippen MR) is 135 cm³/mol. The van der Waals surface area contributed by atoms with E-state index in [9.17, 15) is 43.8 Å². The highest BCUT2D eigenvalue weighted by atomic mass is 16.4. The largest absolute Gasteiger partial charge is 0.481 e. The van der Waals surface area contributed by atoms with Crippen LogP contribution in [0.2, 0.25) is 0 Å². The number of hydrogen-bond donors (Lipinski definition) is 7. The van der Waals surface area contributed by atoms with Gasteiger partial charge in [0.05, 0.1) is 13.0 Å². The van der Waals surface area contributed by atoms with Gasteiger partial charge in [0.1, 0.15) is 36.3 Å². The van der Waals surface area contributed by atoms with Gasteiger partial charge in [-0.15, -0.1) is 0 Å². The zero-order valence-corrected chi connectivity index (χ0v) is 22.5. The van der Waals surface area contributed by atoms with Crippen molar-refractivity contribution in [1.82, 2.24) is 31.5 Å². The lowest BCUT2D eigenvalue weighted by atomic mass is 10.0. The Morgan fingerprint density at radius 2 is 1.36 bits per heavy atom. The van der Waals surface area contributed by atoms with E-state index >= 15 is 0 Å².